The molecule has 3 heteroatoms. The van der Waals surface area contributed by atoms with Crippen LogP contribution in [0.2, 0.25) is 0 Å². The Bertz CT molecular complexity index is 212. The van der Waals surface area contributed by atoms with Crippen molar-refractivity contribution in [2.75, 3.05) is 26.3 Å². The fourth-order valence-corrected chi connectivity index (χ4v) is 2.37. The molecule has 0 saturated heterocycles. The molecule has 0 aromatic rings. The van der Waals surface area contributed by atoms with Crippen LogP contribution in [0.25, 0.3) is 0 Å². The quantitative estimate of drug-likeness (QED) is 0.480. The maximum atomic E-state index is 9.84. The smallest absolute Gasteiger partial charge is 0.0672 e. The van der Waals surface area contributed by atoms with Crippen molar-refractivity contribution in [3.05, 3.63) is 12.2 Å². The fraction of sp³-hybridized carbons (Fsp3) is 0.857. The zero-order valence-electron chi connectivity index (χ0n) is 11.1. The predicted molar refractivity (Wildman–Crippen MR) is 71.1 cm³/mol. The van der Waals surface area contributed by atoms with Gasteiger partial charge in [0, 0.05) is 13.1 Å². The summed E-state index contributed by atoms with van der Waals surface area (Å²) < 4.78 is 5.37. The predicted octanol–water partition coefficient (Wildman–Crippen LogP) is 2.11. The lowest BCUT2D eigenvalue weighted by Crippen LogP contribution is -2.30. The molecule has 17 heavy (non-hydrogen) atoms. The Labute approximate surface area is 105 Å². The monoisotopic (exact) mass is 241 g/mol. The molecule has 1 atom stereocenters. The molecule has 1 saturated carbocycles. The van der Waals surface area contributed by atoms with Crippen LogP contribution in [-0.2, 0) is 4.74 Å². The van der Waals surface area contributed by atoms with Crippen molar-refractivity contribution in [2.45, 2.75) is 45.1 Å². The SMILES string of the molecule is C=C(C)COCCNCC(O)CC1CCCC1. The summed E-state index contributed by atoms with van der Waals surface area (Å²) in [5.74, 6) is 0.756. The molecule has 0 amide bonds. The van der Waals surface area contributed by atoms with E-state index in [1.807, 2.05) is 6.92 Å². The fourth-order valence-electron chi connectivity index (χ4n) is 2.37. The zero-order chi connectivity index (χ0) is 12.5. The summed E-state index contributed by atoms with van der Waals surface area (Å²) >= 11 is 0. The Kier molecular flexibility index (Phi) is 7.49. The largest absolute Gasteiger partial charge is 0.392 e. The van der Waals surface area contributed by atoms with Crippen molar-refractivity contribution in [3.63, 3.8) is 0 Å². The molecular weight excluding hydrogens is 214 g/mol. The van der Waals surface area contributed by atoms with Gasteiger partial charge in [-0.05, 0) is 19.3 Å². The highest BCUT2D eigenvalue weighted by Gasteiger charge is 2.18. The third-order valence-corrected chi connectivity index (χ3v) is 3.23. The van der Waals surface area contributed by atoms with Gasteiger partial charge in [0.1, 0.15) is 0 Å². The molecule has 1 fully saturated rings. The standard InChI is InChI=1S/C14H27NO2/c1-12(2)11-17-8-7-15-10-14(16)9-13-5-3-4-6-13/h13-16H,1,3-11H2,2H3. The highest BCUT2D eigenvalue weighted by Crippen LogP contribution is 2.28. The van der Waals surface area contributed by atoms with Crippen LogP contribution in [-0.4, -0.2) is 37.5 Å². The summed E-state index contributed by atoms with van der Waals surface area (Å²) in [7, 11) is 0. The molecule has 1 aliphatic carbocycles. The maximum absolute atomic E-state index is 9.84. The van der Waals surface area contributed by atoms with E-state index in [-0.39, 0.29) is 6.10 Å². The van der Waals surface area contributed by atoms with E-state index in [0.717, 1.165) is 24.5 Å². The summed E-state index contributed by atoms with van der Waals surface area (Å²) in [5, 5.41) is 13.1. The van der Waals surface area contributed by atoms with Crippen molar-refractivity contribution >= 4 is 0 Å². The van der Waals surface area contributed by atoms with Crippen molar-refractivity contribution in [2.24, 2.45) is 5.92 Å². The first-order valence-electron chi connectivity index (χ1n) is 6.79. The van der Waals surface area contributed by atoms with Gasteiger partial charge in [-0.25, -0.2) is 0 Å². The average Bonchev–Trinajstić information content (AvgIpc) is 2.75. The molecule has 1 aliphatic rings. The second-order valence-electron chi connectivity index (χ2n) is 5.25. The number of nitrogens with one attached hydrogen (secondary N) is 1. The number of rotatable bonds is 9. The number of hydrogen-bond acceptors (Lipinski definition) is 3. The summed E-state index contributed by atoms with van der Waals surface area (Å²) in [6.45, 7) is 8.53. The minimum Gasteiger partial charge on any atom is -0.392 e. The Morgan fingerprint density at radius 1 is 1.47 bits per heavy atom. The van der Waals surface area contributed by atoms with E-state index >= 15 is 0 Å². The molecule has 0 aliphatic heterocycles. The van der Waals surface area contributed by atoms with Crippen molar-refractivity contribution in [1.82, 2.24) is 5.32 Å². The molecule has 2 N–H and O–H groups in total. The van der Waals surface area contributed by atoms with Crippen LogP contribution in [0.1, 0.15) is 39.0 Å². The summed E-state index contributed by atoms with van der Waals surface area (Å²) in [6.07, 6.45) is 6.07. The first-order chi connectivity index (χ1) is 8.18. The molecule has 100 valence electrons. The van der Waals surface area contributed by atoms with Crippen molar-refractivity contribution < 1.29 is 9.84 Å². The van der Waals surface area contributed by atoms with Gasteiger partial charge in [-0.1, -0.05) is 37.8 Å². The van der Waals surface area contributed by atoms with E-state index in [4.69, 9.17) is 4.74 Å². The highest BCUT2D eigenvalue weighted by atomic mass is 16.5. The zero-order valence-corrected chi connectivity index (χ0v) is 11.1. The highest BCUT2D eigenvalue weighted by molar-refractivity contribution is 4.87. The van der Waals surface area contributed by atoms with Crippen molar-refractivity contribution in [1.29, 1.82) is 0 Å². The Morgan fingerprint density at radius 2 is 2.18 bits per heavy atom. The lowest BCUT2D eigenvalue weighted by Gasteiger charge is -2.15. The minimum absolute atomic E-state index is 0.195. The number of aliphatic hydroxyl groups is 1. The van der Waals surface area contributed by atoms with Crippen LogP contribution >= 0.6 is 0 Å². The van der Waals surface area contributed by atoms with Crippen molar-refractivity contribution in [3.8, 4) is 0 Å². The number of aliphatic hydroxyl groups excluding tert-OH is 1. The second-order valence-corrected chi connectivity index (χ2v) is 5.25. The first kappa shape index (κ1) is 14.7. The summed E-state index contributed by atoms with van der Waals surface area (Å²) in [5.41, 5.74) is 1.05. The van der Waals surface area contributed by atoms with Crippen LogP contribution in [0, 0.1) is 5.92 Å². The maximum Gasteiger partial charge on any atom is 0.0672 e. The van der Waals surface area contributed by atoms with Crippen LogP contribution in [0.4, 0.5) is 0 Å². The number of ether oxygens (including phenoxy) is 1. The molecule has 0 aromatic heterocycles. The van der Waals surface area contributed by atoms with Crippen LogP contribution in [0.15, 0.2) is 12.2 Å². The summed E-state index contributed by atoms with van der Waals surface area (Å²) in [6, 6.07) is 0. The molecule has 0 spiro atoms. The molecular formula is C14H27NO2. The van der Waals surface area contributed by atoms with E-state index in [0.29, 0.717) is 19.8 Å². The van der Waals surface area contributed by atoms with Gasteiger partial charge in [-0.15, -0.1) is 0 Å². The molecule has 3 nitrogen and oxygen atoms in total. The van der Waals surface area contributed by atoms with Gasteiger partial charge in [-0.3, -0.25) is 0 Å². The normalized spacial score (nSPS) is 18.5. The van der Waals surface area contributed by atoms with Gasteiger partial charge in [0.15, 0.2) is 0 Å². The van der Waals surface area contributed by atoms with Gasteiger partial charge in [-0.2, -0.15) is 0 Å². The Morgan fingerprint density at radius 3 is 2.82 bits per heavy atom. The van der Waals surface area contributed by atoms with Crippen LogP contribution < -0.4 is 5.32 Å². The number of hydrogen-bond donors (Lipinski definition) is 2. The van der Waals surface area contributed by atoms with E-state index in [9.17, 15) is 5.11 Å². The molecule has 1 unspecified atom stereocenters. The average molecular weight is 241 g/mol. The van der Waals surface area contributed by atoms with E-state index < -0.39 is 0 Å². The van der Waals surface area contributed by atoms with E-state index in [1.54, 1.807) is 0 Å². The van der Waals surface area contributed by atoms with Gasteiger partial charge < -0.3 is 15.2 Å². The topological polar surface area (TPSA) is 41.5 Å². The second kappa shape index (κ2) is 8.67. The van der Waals surface area contributed by atoms with Gasteiger partial charge in [0.25, 0.3) is 0 Å². The summed E-state index contributed by atoms with van der Waals surface area (Å²) in [4.78, 5) is 0. The molecule has 0 aromatic carbocycles. The van der Waals surface area contributed by atoms with E-state index in [2.05, 4.69) is 11.9 Å². The molecule has 1 rings (SSSR count). The lowest BCUT2D eigenvalue weighted by atomic mass is 10.0. The van der Waals surface area contributed by atoms with E-state index in [1.165, 1.54) is 25.7 Å². The molecule has 0 bridgehead atoms. The molecule has 0 heterocycles. The van der Waals surface area contributed by atoms with Gasteiger partial charge in [0.05, 0.1) is 19.3 Å². The molecule has 0 radical (unpaired) electrons. The van der Waals surface area contributed by atoms with Gasteiger partial charge >= 0.3 is 0 Å². The Hall–Kier alpha value is -0.380. The third kappa shape index (κ3) is 7.53. The minimum atomic E-state index is -0.195. The lowest BCUT2D eigenvalue weighted by molar-refractivity contribution is 0.128. The van der Waals surface area contributed by atoms with Gasteiger partial charge in [0.2, 0.25) is 0 Å². The first-order valence-corrected chi connectivity index (χ1v) is 6.79. The van der Waals surface area contributed by atoms with Crippen LogP contribution in [0.5, 0.6) is 0 Å². The Balaban J connectivity index is 1.89. The van der Waals surface area contributed by atoms with Crippen LogP contribution in [0.3, 0.4) is 0 Å². The third-order valence-electron chi connectivity index (χ3n) is 3.23.